The molecule has 8 heteroatoms. The SMILES string of the molecule is COc1ccc2[nH]cc(CCN3C(=O)C(O)=C(C(=O)c4cccs4)[C@H]3c3ccccc3F)c2c1. The maximum Gasteiger partial charge on any atom is 0.290 e. The number of aliphatic hydroxyl groups excluding tert-OH is 1. The van der Waals surface area contributed by atoms with E-state index in [4.69, 9.17) is 4.74 Å². The summed E-state index contributed by atoms with van der Waals surface area (Å²) >= 11 is 1.21. The molecule has 0 saturated heterocycles. The molecule has 4 aromatic rings. The van der Waals surface area contributed by atoms with Gasteiger partial charge in [0.15, 0.2) is 5.76 Å². The molecule has 0 saturated carbocycles. The van der Waals surface area contributed by atoms with Gasteiger partial charge in [0, 0.05) is 29.2 Å². The average molecular weight is 477 g/mol. The van der Waals surface area contributed by atoms with Gasteiger partial charge in [0.25, 0.3) is 5.91 Å². The van der Waals surface area contributed by atoms with Crippen LogP contribution < -0.4 is 4.74 Å². The zero-order valence-corrected chi connectivity index (χ0v) is 19.1. The predicted octanol–water partition coefficient (Wildman–Crippen LogP) is 5.20. The molecule has 0 bridgehead atoms. The standard InChI is InChI=1S/C26H21FN2O4S/c1-33-16-8-9-20-18(13-16)15(14-28-20)10-11-29-23(17-5-2-3-6-19(17)27)22(25(31)26(29)32)24(30)21-7-4-12-34-21/h2-9,12-14,23,28,31H,10-11H2,1H3/t23-/m1/s1. The second-order valence-electron chi connectivity index (χ2n) is 7.97. The third kappa shape index (κ3) is 3.66. The van der Waals surface area contributed by atoms with Gasteiger partial charge in [0.2, 0.25) is 5.78 Å². The summed E-state index contributed by atoms with van der Waals surface area (Å²) in [6.07, 6.45) is 2.28. The summed E-state index contributed by atoms with van der Waals surface area (Å²) in [6.45, 7) is 0.174. The molecule has 1 aliphatic rings. The first kappa shape index (κ1) is 21.9. The summed E-state index contributed by atoms with van der Waals surface area (Å²) in [5.74, 6) is -1.64. The molecule has 2 aromatic carbocycles. The molecule has 2 aromatic heterocycles. The minimum atomic E-state index is -1.02. The van der Waals surface area contributed by atoms with E-state index in [1.165, 1.54) is 28.4 Å². The molecule has 6 nitrogen and oxygen atoms in total. The van der Waals surface area contributed by atoms with Gasteiger partial charge >= 0.3 is 0 Å². The molecule has 1 amide bonds. The number of nitrogens with zero attached hydrogens (tertiary/aromatic N) is 1. The number of aliphatic hydroxyl groups is 1. The molecule has 2 N–H and O–H groups in total. The van der Waals surface area contributed by atoms with Crippen LogP contribution in [0.3, 0.4) is 0 Å². The van der Waals surface area contributed by atoms with Gasteiger partial charge in [0.05, 0.1) is 23.6 Å². The van der Waals surface area contributed by atoms with E-state index < -0.39 is 29.3 Å². The summed E-state index contributed by atoms with van der Waals surface area (Å²) in [6, 6.07) is 14.0. The van der Waals surface area contributed by atoms with Gasteiger partial charge in [-0.3, -0.25) is 9.59 Å². The quantitative estimate of drug-likeness (QED) is 0.359. The van der Waals surface area contributed by atoms with Crippen molar-refractivity contribution >= 4 is 33.9 Å². The van der Waals surface area contributed by atoms with Gasteiger partial charge in [-0.15, -0.1) is 11.3 Å². The summed E-state index contributed by atoms with van der Waals surface area (Å²) in [7, 11) is 1.59. The number of Topliss-reactive ketones (excluding diaryl/α,β-unsaturated/α-hetero) is 1. The number of hydrogen-bond acceptors (Lipinski definition) is 5. The smallest absolute Gasteiger partial charge is 0.290 e. The van der Waals surface area contributed by atoms with Crippen LogP contribution in [-0.2, 0) is 11.2 Å². The van der Waals surface area contributed by atoms with E-state index in [-0.39, 0.29) is 17.7 Å². The van der Waals surface area contributed by atoms with Crippen molar-refractivity contribution in [3.05, 3.63) is 99.3 Å². The largest absolute Gasteiger partial charge is 0.503 e. The number of ether oxygens (including phenoxy) is 1. The molecule has 5 rings (SSSR count). The number of thiophene rings is 1. The highest BCUT2D eigenvalue weighted by Gasteiger charge is 2.44. The van der Waals surface area contributed by atoms with Crippen LogP contribution in [0, 0.1) is 5.82 Å². The van der Waals surface area contributed by atoms with E-state index in [1.807, 2.05) is 24.4 Å². The van der Waals surface area contributed by atoms with Crippen molar-refractivity contribution in [3.63, 3.8) is 0 Å². The number of carbonyl (C=O) groups excluding carboxylic acids is 2. The molecule has 3 heterocycles. The highest BCUT2D eigenvalue weighted by molar-refractivity contribution is 7.12. The van der Waals surface area contributed by atoms with Crippen molar-refractivity contribution in [1.82, 2.24) is 9.88 Å². The monoisotopic (exact) mass is 476 g/mol. The van der Waals surface area contributed by atoms with Crippen LogP contribution >= 0.6 is 11.3 Å². The number of aromatic nitrogens is 1. The minimum absolute atomic E-state index is 0.0989. The number of amides is 1. The lowest BCUT2D eigenvalue weighted by Gasteiger charge is -2.27. The number of methoxy groups -OCH3 is 1. The first-order valence-electron chi connectivity index (χ1n) is 10.7. The lowest BCUT2D eigenvalue weighted by molar-refractivity contribution is -0.129. The molecule has 0 fully saturated rings. The van der Waals surface area contributed by atoms with Crippen molar-refractivity contribution in [1.29, 1.82) is 0 Å². The summed E-state index contributed by atoms with van der Waals surface area (Å²) < 4.78 is 20.2. The third-order valence-electron chi connectivity index (χ3n) is 6.09. The van der Waals surface area contributed by atoms with E-state index >= 15 is 0 Å². The second-order valence-corrected chi connectivity index (χ2v) is 8.91. The molecule has 0 radical (unpaired) electrons. The van der Waals surface area contributed by atoms with Crippen LogP contribution in [-0.4, -0.2) is 40.3 Å². The summed E-state index contributed by atoms with van der Waals surface area (Å²) in [5, 5.41) is 13.4. The number of ketones is 1. The lowest BCUT2D eigenvalue weighted by atomic mass is 9.95. The van der Waals surface area contributed by atoms with Crippen molar-refractivity contribution in [2.75, 3.05) is 13.7 Å². The molecule has 0 aliphatic carbocycles. The van der Waals surface area contributed by atoms with Crippen LogP contribution in [0.5, 0.6) is 5.75 Å². The van der Waals surface area contributed by atoms with Crippen LogP contribution in [0.15, 0.2) is 77.5 Å². The van der Waals surface area contributed by atoms with E-state index in [0.29, 0.717) is 17.0 Å². The van der Waals surface area contributed by atoms with Crippen LogP contribution in [0.4, 0.5) is 4.39 Å². The maximum atomic E-state index is 14.9. The number of hydrogen-bond donors (Lipinski definition) is 2. The van der Waals surface area contributed by atoms with E-state index in [1.54, 1.807) is 36.8 Å². The van der Waals surface area contributed by atoms with E-state index in [0.717, 1.165) is 16.5 Å². The molecule has 0 spiro atoms. The zero-order valence-electron chi connectivity index (χ0n) is 18.2. The average Bonchev–Trinajstić information content (AvgIpc) is 3.57. The molecule has 172 valence electrons. The number of benzene rings is 2. The first-order chi connectivity index (χ1) is 16.5. The highest BCUT2D eigenvalue weighted by atomic mass is 32.1. The van der Waals surface area contributed by atoms with Gasteiger partial charge < -0.3 is 19.7 Å². The number of fused-ring (bicyclic) bond motifs is 1. The van der Waals surface area contributed by atoms with Gasteiger partial charge in [-0.1, -0.05) is 24.3 Å². The topological polar surface area (TPSA) is 82.6 Å². The van der Waals surface area contributed by atoms with E-state index in [2.05, 4.69) is 4.98 Å². The van der Waals surface area contributed by atoms with Crippen molar-refractivity contribution < 1.29 is 23.8 Å². The predicted molar refractivity (Wildman–Crippen MR) is 128 cm³/mol. The fourth-order valence-electron chi connectivity index (χ4n) is 4.41. The fourth-order valence-corrected chi connectivity index (χ4v) is 5.09. The Hall–Kier alpha value is -3.91. The van der Waals surface area contributed by atoms with E-state index in [9.17, 15) is 19.1 Å². The Balaban J connectivity index is 1.52. The van der Waals surface area contributed by atoms with Crippen molar-refractivity contribution in [2.24, 2.45) is 0 Å². The van der Waals surface area contributed by atoms with Crippen molar-refractivity contribution in [2.45, 2.75) is 12.5 Å². The molecule has 1 aliphatic heterocycles. The zero-order chi connectivity index (χ0) is 23.8. The number of carbonyl (C=O) groups is 2. The van der Waals surface area contributed by atoms with Gasteiger partial charge in [-0.25, -0.2) is 4.39 Å². The van der Waals surface area contributed by atoms with Crippen LogP contribution in [0.2, 0.25) is 0 Å². The second kappa shape index (κ2) is 8.79. The Morgan fingerprint density at radius 1 is 1.21 bits per heavy atom. The Bertz CT molecular complexity index is 1420. The Kier molecular flexibility index (Phi) is 5.67. The lowest BCUT2D eigenvalue weighted by Crippen LogP contribution is -2.33. The van der Waals surface area contributed by atoms with Gasteiger partial charge in [-0.2, -0.15) is 0 Å². The molecule has 0 unspecified atom stereocenters. The van der Waals surface area contributed by atoms with Crippen LogP contribution in [0.25, 0.3) is 10.9 Å². The third-order valence-corrected chi connectivity index (χ3v) is 6.96. The maximum absolute atomic E-state index is 14.9. The molecule has 1 atom stereocenters. The highest BCUT2D eigenvalue weighted by Crippen LogP contribution is 2.40. The fraction of sp³-hybridized carbons (Fsp3) is 0.154. The molecule has 34 heavy (non-hydrogen) atoms. The van der Waals surface area contributed by atoms with Crippen molar-refractivity contribution in [3.8, 4) is 5.75 Å². The Labute approximate surface area is 198 Å². The first-order valence-corrected chi connectivity index (χ1v) is 11.6. The van der Waals surface area contributed by atoms with Gasteiger partial charge in [0.1, 0.15) is 11.6 Å². The number of halogens is 1. The summed E-state index contributed by atoms with van der Waals surface area (Å²) in [5.41, 5.74) is 1.92. The van der Waals surface area contributed by atoms with Crippen LogP contribution in [0.1, 0.15) is 26.8 Å². The number of aromatic amines is 1. The normalized spacial score (nSPS) is 16.0. The Morgan fingerprint density at radius 2 is 2.03 bits per heavy atom. The number of nitrogens with one attached hydrogen (secondary N) is 1. The number of rotatable bonds is 7. The Morgan fingerprint density at radius 3 is 2.76 bits per heavy atom. The minimum Gasteiger partial charge on any atom is -0.503 e. The van der Waals surface area contributed by atoms with Gasteiger partial charge in [-0.05, 0) is 47.7 Å². The molecular weight excluding hydrogens is 455 g/mol. The number of H-pyrrole nitrogens is 1. The summed E-state index contributed by atoms with van der Waals surface area (Å²) in [4.78, 5) is 31.3. The molecular formula is C26H21FN2O4S.